The molecule has 0 saturated carbocycles. The van der Waals surface area contributed by atoms with E-state index in [0.717, 1.165) is 17.0 Å². The number of piperazine rings is 2. The quantitative estimate of drug-likeness (QED) is 0.754. The lowest BCUT2D eigenvalue weighted by atomic mass is 10.0. The lowest BCUT2D eigenvalue weighted by Gasteiger charge is -2.47. The van der Waals surface area contributed by atoms with Crippen LogP contribution >= 0.6 is 0 Å². The first-order valence-electron chi connectivity index (χ1n) is 10.2. The number of aliphatic hydroxyl groups excluding tert-OH is 1. The van der Waals surface area contributed by atoms with Gasteiger partial charge in [0.2, 0.25) is 11.8 Å². The van der Waals surface area contributed by atoms with Gasteiger partial charge < -0.3 is 19.6 Å². The van der Waals surface area contributed by atoms with Gasteiger partial charge in [-0.05, 0) is 12.1 Å². The summed E-state index contributed by atoms with van der Waals surface area (Å²) in [5, 5.41) is 14.4. The monoisotopic (exact) mass is 411 g/mol. The van der Waals surface area contributed by atoms with Crippen LogP contribution in [0.25, 0.3) is 5.69 Å². The second kappa shape index (κ2) is 7.41. The largest absolute Gasteiger partial charge is 0.494 e. The molecule has 30 heavy (non-hydrogen) atoms. The number of ether oxygens (including phenoxy) is 1. The van der Waals surface area contributed by atoms with Crippen molar-refractivity contribution >= 4 is 11.8 Å². The summed E-state index contributed by atoms with van der Waals surface area (Å²) in [7, 11) is 1.63. The molecule has 0 unspecified atom stereocenters. The highest BCUT2D eigenvalue weighted by molar-refractivity contribution is 5.98. The molecule has 9 heteroatoms. The van der Waals surface area contributed by atoms with Crippen LogP contribution in [-0.4, -0.2) is 92.9 Å². The third-order valence-corrected chi connectivity index (χ3v) is 6.25. The average Bonchev–Trinajstić information content (AvgIpc) is 3.38. The highest BCUT2D eigenvalue weighted by Gasteiger charge is 2.51. The van der Waals surface area contributed by atoms with Crippen LogP contribution in [0.15, 0.2) is 36.7 Å². The first-order chi connectivity index (χ1) is 14.5. The van der Waals surface area contributed by atoms with Crippen LogP contribution in [0.1, 0.15) is 12.0 Å². The Kier molecular flexibility index (Phi) is 4.71. The summed E-state index contributed by atoms with van der Waals surface area (Å²) in [5.74, 6) is 0.666. The fourth-order valence-electron chi connectivity index (χ4n) is 4.78. The maximum Gasteiger partial charge on any atom is 0.247 e. The number of hydrogen-bond acceptors (Lipinski definition) is 6. The van der Waals surface area contributed by atoms with Crippen molar-refractivity contribution in [3.8, 4) is 11.4 Å². The van der Waals surface area contributed by atoms with E-state index in [0.29, 0.717) is 32.6 Å². The number of carbonyl (C=O) groups excluding carboxylic acids is 2. The molecule has 2 aromatic rings. The molecule has 1 N–H and O–H groups in total. The average molecular weight is 411 g/mol. The van der Waals surface area contributed by atoms with Gasteiger partial charge in [0.15, 0.2) is 0 Å². The number of hydrogen-bond donors (Lipinski definition) is 1. The summed E-state index contributed by atoms with van der Waals surface area (Å²) in [4.78, 5) is 31.2. The predicted molar refractivity (Wildman–Crippen MR) is 107 cm³/mol. The van der Waals surface area contributed by atoms with E-state index in [-0.39, 0.29) is 18.4 Å². The molecule has 3 aliphatic heterocycles. The van der Waals surface area contributed by atoms with Gasteiger partial charge in [-0.2, -0.15) is 5.10 Å². The van der Waals surface area contributed by atoms with Gasteiger partial charge in [0, 0.05) is 50.9 Å². The molecule has 1 aromatic heterocycles. The highest BCUT2D eigenvalue weighted by Crippen LogP contribution is 2.29. The lowest BCUT2D eigenvalue weighted by molar-refractivity contribution is -0.163. The maximum atomic E-state index is 13.0. The van der Waals surface area contributed by atoms with Gasteiger partial charge in [-0.15, -0.1) is 0 Å². The van der Waals surface area contributed by atoms with E-state index in [1.54, 1.807) is 21.6 Å². The Morgan fingerprint density at radius 3 is 2.73 bits per heavy atom. The van der Waals surface area contributed by atoms with E-state index < -0.39 is 18.2 Å². The fraction of sp³-hybridized carbons (Fsp3) is 0.476. The third-order valence-electron chi connectivity index (χ3n) is 6.25. The van der Waals surface area contributed by atoms with Crippen LogP contribution in [0, 0.1) is 0 Å². The van der Waals surface area contributed by atoms with Gasteiger partial charge in [0.25, 0.3) is 0 Å². The van der Waals surface area contributed by atoms with E-state index >= 15 is 0 Å². The molecule has 3 atom stereocenters. The number of methoxy groups -OCH3 is 1. The number of para-hydroxylation sites is 2. The molecule has 5 rings (SSSR count). The Hall–Kier alpha value is -2.91. The molecular weight excluding hydrogens is 386 g/mol. The second-order valence-electron chi connectivity index (χ2n) is 8.14. The van der Waals surface area contributed by atoms with E-state index in [2.05, 4.69) is 10.00 Å². The fourth-order valence-corrected chi connectivity index (χ4v) is 4.78. The van der Waals surface area contributed by atoms with Crippen molar-refractivity contribution in [3.63, 3.8) is 0 Å². The van der Waals surface area contributed by atoms with Crippen LogP contribution in [0.3, 0.4) is 0 Å². The number of aliphatic hydroxyl groups is 1. The molecule has 3 saturated heterocycles. The number of rotatable bonds is 4. The van der Waals surface area contributed by atoms with Crippen molar-refractivity contribution in [2.24, 2.45) is 0 Å². The number of fused-ring (bicyclic) bond motifs is 2. The van der Waals surface area contributed by atoms with Crippen molar-refractivity contribution in [3.05, 3.63) is 42.2 Å². The molecule has 3 fully saturated rings. The van der Waals surface area contributed by atoms with Crippen molar-refractivity contribution in [2.45, 2.75) is 31.2 Å². The third kappa shape index (κ3) is 3.14. The predicted octanol–water partition coefficient (Wildman–Crippen LogP) is -0.131. The zero-order chi connectivity index (χ0) is 20.8. The van der Waals surface area contributed by atoms with Crippen molar-refractivity contribution in [1.29, 1.82) is 0 Å². The van der Waals surface area contributed by atoms with Gasteiger partial charge >= 0.3 is 0 Å². The SMILES string of the molecule is COc1ccccc1-n1cc(CN2CCN3C(=O)[C@@H]4C[C@@H](O)CN4C(=O)[C@H]3C2)cn1. The number of nitrogens with zero attached hydrogens (tertiary/aromatic N) is 5. The standard InChI is InChI=1S/C21H25N5O4/c1-30-19-5-3-2-4-16(19)26-11-14(9-22-26)10-23-6-7-24-18(13-23)21(29)25-12-15(27)8-17(25)20(24)28/h2-5,9,11,15,17-18,27H,6-8,10,12-13H2,1H3/t15-,17+,18-/m1/s1. The van der Waals surface area contributed by atoms with E-state index in [1.165, 1.54) is 0 Å². The smallest absolute Gasteiger partial charge is 0.247 e. The normalized spacial score (nSPS) is 26.7. The molecule has 9 nitrogen and oxygen atoms in total. The van der Waals surface area contributed by atoms with Crippen molar-refractivity contribution in [1.82, 2.24) is 24.5 Å². The van der Waals surface area contributed by atoms with Crippen molar-refractivity contribution in [2.75, 3.05) is 33.3 Å². The summed E-state index contributed by atoms with van der Waals surface area (Å²) in [6.07, 6.45) is 3.52. The molecule has 4 heterocycles. The molecule has 0 aliphatic carbocycles. The first kappa shape index (κ1) is 19.1. The summed E-state index contributed by atoms with van der Waals surface area (Å²) in [6, 6.07) is 6.73. The molecule has 0 spiro atoms. The Morgan fingerprint density at radius 1 is 1.10 bits per heavy atom. The number of benzene rings is 1. The topological polar surface area (TPSA) is 91.1 Å². The zero-order valence-corrected chi connectivity index (χ0v) is 16.8. The van der Waals surface area contributed by atoms with E-state index in [4.69, 9.17) is 4.74 Å². The molecule has 2 amide bonds. The summed E-state index contributed by atoms with van der Waals surface area (Å²) >= 11 is 0. The van der Waals surface area contributed by atoms with Gasteiger partial charge in [0.1, 0.15) is 23.5 Å². The Labute approximate surface area is 174 Å². The van der Waals surface area contributed by atoms with Gasteiger partial charge in [-0.25, -0.2) is 4.68 Å². The van der Waals surface area contributed by atoms with Crippen LogP contribution < -0.4 is 4.74 Å². The molecule has 0 radical (unpaired) electrons. The molecule has 1 aromatic carbocycles. The number of amides is 2. The summed E-state index contributed by atoms with van der Waals surface area (Å²) in [5.41, 5.74) is 1.89. The van der Waals surface area contributed by atoms with Gasteiger partial charge in [-0.3, -0.25) is 14.5 Å². The van der Waals surface area contributed by atoms with Crippen molar-refractivity contribution < 1.29 is 19.4 Å². The molecular formula is C21H25N5O4. The minimum Gasteiger partial charge on any atom is -0.494 e. The molecule has 158 valence electrons. The van der Waals surface area contributed by atoms with Crippen LogP contribution in [0.4, 0.5) is 0 Å². The lowest BCUT2D eigenvalue weighted by Crippen LogP contribution is -2.68. The van der Waals surface area contributed by atoms with Crippen LogP contribution in [0.5, 0.6) is 5.75 Å². The van der Waals surface area contributed by atoms with E-state index in [9.17, 15) is 14.7 Å². The summed E-state index contributed by atoms with van der Waals surface area (Å²) < 4.78 is 7.20. The minimum atomic E-state index is -0.610. The van der Waals surface area contributed by atoms with Gasteiger partial charge in [0.05, 0.1) is 19.4 Å². The number of aromatic nitrogens is 2. The zero-order valence-electron chi connectivity index (χ0n) is 16.8. The Morgan fingerprint density at radius 2 is 1.90 bits per heavy atom. The number of carbonyl (C=O) groups is 2. The minimum absolute atomic E-state index is 0.0280. The Balaban J connectivity index is 1.30. The molecule has 0 bridgehead atoms. The van der Waals surface area contributed by atoms with Crippen LogP contribution in [0.2, 0.25) is 0 Å². The summed E-state index contributed by atoms with van der Waals surface area (Å²) in [6.45, 7) is 2.61. The maximum absolute atomic E-state index is 13.0. The van der Waals surface area contributed by atoms with E-state index in [1.807, 2.05) is 36.7 Å². The van der Waals surface area contributed by atoms with Gasteiger partial charge in [-0.1, -0.05) is 12.1 Å². The molecule has 3 aliphatic rings. The Bertz CT molecular complexity index is 976. The highest BCUT2D eigenvalue weighted by atomic mass is 16.5. The first-order valence-corrected chi connectivity index (χ1v) is 10.2. The van der Waals surface area contributed by atoms with Crippen LogP contribution in [-0.2, 0) is 16.1 Å². The second-order valence-corrected chi connectivity index (χ2v) is 8.14.